The van der Waals surface area contributed by atoms with Gasteiger partial charge in [-0.15, -0.1) is 11.6 Å². The van der Waals surface area contributed by atoms with Crippen molar-refractivity contribution in [1.82, 2.24) is 0 Å². The first kappa shape index (κ1) is 14.5. The lowest BCUT2D eigenvalue weighted by Crippen LogP contribution is -2.01. The zero-order valence-electron chi connectivity index (χ0n) is 10.2. The molecular formula is C14H15ClO3. The lowest BCUT2D eigenvalue weighted by atomic mass is 10.1. The van der Waals surface area contributed by atoms with Gasteiger partial charge in [-0.25, -0.2) is 0 Å². The van der Waals surface area contributed by atoms with E-state index >= 15 is 0 Å². The minimum Gasteiger partial charge on any atom is -0.466 e. The number of ether oxygens (including phenoxy) is 1. The summed E-state index contributed by atoms with van der Waals surface area (Å²) < 4.78 is 4.80. The van der Waals surface area contributed by atoms with Crippen LogP contribution < -0.4 is 0 Å². The van der Waals surface area contributed by atoms with Gasteiger partial charge in [0.15, 0.2) is 5.78 Å². The van der Waals surface area contributed by atoms with E-state index in [4.69, 9.17) is 16.3 Å². The van der Waals surface area contributed by atoms with Crippen LogP contribution >= 0.6 is 11.6 Å². The molecule has 0 aliphatic heterocycles. The number of halogens is 1. The van der Waals surface area contributed by atoms with Crippen molar-refractivity contribution in [2.75, 3.05) is 12.5 Å². The minimum atomic E-state index is -0.248. The van der Waals surface area contributed by atoms with Gasteiger partial charge in [0, 0.05) is 5.56 Å². The molecule has 0 heterocycles. The molecule has 0 bridgehead atoms. The molecule has 0 saturated heterocycles. The predicted octanol–water partition coefficient (Wildman–Crippen LogP) is 3.07. The molecule has 0 aliphatic carbocycles. The first-order chi connectivity index (χ1) is 8.67. The summed E-state index contributed by atoms with van der Waals surface area (Å²) in [5.41, 5.74) is 1.51. The monoisotopic (exact) mass is 266 g/mol. The Morgan fingerprint density at radius 1 is 1.28 bits per heavy atom. The highest BCUT2D eigenvalue weighted by Crippen LogP contribution is 2.08. The maximum Gasteiger partial charge on any atom is 0.309 e. The molecule has 0 amide bonds. The van der Waals surface area contributed by atoms with E-state index in [9.17, 15) is 9.59 Å². The third-order valence-corrected chi connectivity index (χ3v) is 2.50. The summed E-state index contributed by atoms with van der Waals surface area (Å²) >= 11 is 5.46. The number of rotatable bonds is 6. The molecule has 0 unspecified atom stereocenters. The molecule has 0 radical (unpaired) electrons. The van der Waals surface area contributed by atoms with Gasteiger partial charge in [-0.3, -0.25) is 9.59 Å². The number of alkyl halides is 1. The van der Waals surface area contributed by atoms with Gasteiger partial charge in [0.25, 0.3) is 0 Å². The second-order valence-corrected chi connectivity index (χ2v) is 3.86. The molecule has 18 heavy (non-hydrogen) atoms. The summed E-state index contributed by atoms with van der Waals surface area (Å²) in [7, 11) is 0. The van der Waals surface area contributed by atoms with Crippen LogP contribution in [0.4, 0.5) is 0 Å². The molecule has 3 nitrogen and oxygen atoms in total. The second kappa shape index (κ2) is 7.67. The second-order valence-electron chi connectivity index (χ2n) is 3.59. The highest BCUT2D eigenvalue weighted by molar-refractivity contribution is 6.30. The summed E-state index contributed by atoms with van der Waals surface area (Å²) in [4.78, 5) is 22.4. The van der Waals surface area contributed by atoms with Gasteiger partial charge in [0.2, 0.25) is 0 Å². The van der Waals surface area contributed by atoms with Gasteiger partial charge in [-0.1, -0.05) is 36.4 Å². The number of carbonyl (C=O) groups excluding carboxylic acids is 2. The van der Waals surface area contributed by atoms with E-state index in [-0.39, 0.29) is 24.1 Å². The average molecular weight is 267 g/mol. The summed E-state index contributed by atoms with van der Waals surface area (Å²) in [6.45, 7) is 2.16. The summed E-state index contributed by atoms with van der Waals surface area (Å²) in [5.74, 6) is -0.362. The normalized spacial score (nSPS) is 10.6. The first-order valence-corrected chi connectivity index (χ1v) is 6.22. The van der Waals surface area contributed by atoms with Gasteiger partial charge < -0.3 is 4.74 Å². The standard InChI is InChI=1S/C14H15ClO3/c1-2-18-14(17)5-3-4-11-6-8-12(9-7-11)13(16)10-15/h3-4,6-9H,2,5,10H2,1H3. The van der Waals surface area contributed by atoms with Crippen LogP contribution in [-0.2, 0) is 9.53 Å². The van der Waals surface area contributed by atoms with Crippen LogP contribution in [-0.4, -0.2) is 24.2 Å². The number of esters is 1. The maximum atomic E-state index is 11.3. The van der Waals surface area contributed by atoms with E-state index in [1.54, 1.807) is 37.3 Å². The van der Waals surface area contributed by atoms with Gasteiger partial charge in [0.1, 0.15) is 0 Å². The fourth-order valence-electron chi connectivity index (χ4n) is 1.37. The Labute approximate surface area is 111 Å². The van der Waals surface area contributed by atoms with Crippen LogP contribution in [0.5, 0.6) is 0 Å². The largest absolute Gasteiger partial charge is 0.466 e. The molecule has 1 aromatic rings. The molecule has 0 atom stereocenters. The lowest BCUT2D eigenvalue weighted by molar-refractivity contribution is -0.142. The quantitative estimate of drug-likeness (QED) is 0.451. The Balaban J connectivity index is 2.56. The summed E-state index contributed by atoms with van der Waals surface area (Å²) in [5, 5.41) is 0. The number of hydrogen-bond donors (Lipinski definition) is 0. The van der Waals surface area contributed by atoms with Crippen molar-refractivity contribution in [2.45, 2.75) is 13.3 Å². The van der Waals surface area contributed by atoms with E-state index < -0.39 is 0 Å². The third kappa shape index (κ3) is 4.72. The van der Waals surface area contributed by atoms with Gasteiger partial charge in [0.05, 0.1) is 18.9 Å². The van der Waals surface area contributed by atoms with Crippen LogP contribution in [0.25, 0.3) is 6.08 Å². The highest BCUT2D eigenvalue weighted by atomic mass is 35.5. The number of ketones is 1. The Bertz CT molecular complexity index is 435. The van der Waals surface area contributed by atoms with Crippen LogP contribution in [0.1, 0.15) is 29.3 Å². The zero-order chi connectivity index (χ0) is 13.4. The number of hydrogen-bond acceptors (Lipinski definition) is 3. The Hall–Kier alpha value is -1.61. The van der Waals surface area contributed by atoms with Crippen molar-refractivity contribution in [1.29, 1.82) is 0 Å². The molecule has 96 valence electrons. The van der Waals surface area contributed by atoms with E-state index in [1.165, 1.54) is 0 Å². The fraction of sp³-hybridized carbons (Fsp3) is 0.286. The molecule has 1 aromatic carbocycles. The summed E-state index contributed by atoms with van der Waals surface area (Å²) in [6.07, 6.45) is 3.79. The Morgan fingerprint density at radius 2 is 1.94 bits per heavy atom. The van der Waals surface area contributed by atoms with Crippen molar-refractivity contribution in [3.05, 3.63) is 41.5 Å². The van der Waals surface area contributed by atoms with Crippen molar-refractivity contribution < 1.29 is 14.3 Å². The molecule has 0 aromatic heterocycles. The van der Waals surface area contributed by atoms with Crippen LogP contribution in [0.2, 0.25) is 0 Å². The van der Waals surface area contributed by atoms with Crippen molar-refractivity contribution in [3.8, 4) is 0 Å². The van der Waals surface area contributed by atoms with Crippen molar-refractivity contribution >= 4 is 29.4 Å². The number of benzene rings is 1. The van der Waals surface area contributed by atoms with E-state index in [0.717, 1.165) is 5.56 Å². The molecule has 0 N–H and O–H groups in total. The van der Waals surface area contributed by atoms with E-state index in [2.05, 4.69) is 0 Å². The lowest BCUT2D eigenvalue weighted by Gasteiger charge is -1.99. The van der Waals surface area contributed by atoms with Crippen molar-refractivity contribution in [2.24, 2.45) is 0 Å². The van der Waals surface area contributed by atoms with Crippen LogP contribution in [0.15, 0.2) is 30.3 Å². The SMILES string of the molecule is CCOC(=O)CC=Cc1ccc(C(=O)CCl)cc1. The zero-order valence-corrected chi connectivity index (χ0v) is 10.9. The molecule has 0 spiro atoms. The van der Waals surface area contributed by atoms with Gasteiger partial charge >= 0.3 is 5.97 Å². The van der Waals surface area contributed by atoms with Gasteiger partial charge in [-0.2, -0.15) is 0 Å². The van der Waals surface area contributed by atoms with Crippen molar-refractivity contribution in [3.63, 3.8) is 0 Å². The molecule has 1 rings (SSSR count). The molecular weight excluding hydrogens is 252 g/mol. The average Bonchev–Trinajstić information content (AvgIpc) is 2.39. The third-order valence-electron chi connectivity index (χ3n) is 2.25. The molecule has 0 saturated carbocycles. The molecule has 0 aliphatic rings. The predicted molar refractivity (Wildman–Crippen MR) is 71.8 cm³/mol. The Kier molecular flexibility index (Phi) is 6.15. The van der Waals surface area contributed by atoms with Crippen LogP contribution in [0.3, 0.4) is 0 Å². The van der Waals surface area contributed by atoms with Gasteiger partial charge in [-0.05, 0) is 12.5 Å². The van der Waals surface area contributed by atoms with E-state index in [0.29, 0.717) is 12.2 Å². The fourth-order valence-corrected chi connectivity index (χ4v) is 1.52. The topological polar surface area (TPSA) is 43.4 Å². The number of Topliss-reactive ketones (excluding diaryl/α,β-unsaturated/α-hetero) is 1. The molecule has 4 heteroatoms. The summed E-state index contributed by atoms with van der Waals surface area (Å²) in [6, 6.07) is 7.05. The van der Waals surface area contributed by atoms with Crippen LogP contribution in [0, 0.1) is 0 Å². The minimum absolute atomic E-state index is 0.0158. The Morgan fingerprint density at radius 3 is 2.50 bits per heavy atom. The first-order valence-electron chi connectivity index (χ1n) is 5.68. The number of carbonyl (C=O) groups is 2. The van der Waals surface area contributed by atoms with E-state index in [1.807, 2.05) is 6.08 Å². The maximum absolute atomic E-state index is 11.3. The molecule has 0 fully saturated rings. The highest BCUT2D eigenvalue weighted by Gasteiger charge is 2.02. The smallest absolute Gasteiger partial charge is 0.309 e.